The minimum atomic E-state index is -0.200. The second-order valence-corrected chi connectivity index (χ2v) is 4.90. The number of likely N-dealkylation sites (tertiary alicyclic amines) is 1. The molecule has 0 unspecified atom stereocenters. The van der Waals surface area contributed by atoms with Gasteiger partial charge in [-0.25, -0.2) is 0 Å². The Morgan fingerprint density at radius 2 is 2.33 bits per heavy atom. The molecule has 1 N–H and O–H groups in total. The van der Waals surface area contributed by atoms with Gasteiger partial charge in [-0.1, -0.05) is 13.3 Å². The predicted octanol–water partition coefficient (Wildman–Crippen LogP) is 0.786. The summed E-state index contributed by atoms with van der Waals surface area (Å²) in [7, 11) is 1.62. The number of rotatable bonds is 7. The second kappa shape index (κ2) is 7.36. The quantitative estimate of drug-likeness (QED) is 0.685. The highest BCUT2D eigenvalue weighted by Crippen LogP contribution is 2.20. The molecule has 2 amide bonds. The van der Waals surface area contributed by atoms with Gasteiger partial charge in [0, 0.05) is 26.6 Å². The number of hydrogen-bond donors (Lipinski definition) is 1. The monoisotopic (exact) mass is 256 g/mol. The lowest BCUT2D eigenvalue weighted by Gasteiger charge is -2.23. The number of nitrogens with one attached hydrogen (secondary N) is 1. The molecule has 104 valence electrons. The molecule has 0 aliphatic carbocycles. The van der Waals surface area contributed by atoms with Gasteiger partial charge in [-0.3, -0.25) is 9.59 Å². The molecular weight excluding hydrogens is 232 g/mol. The van der Waals surface area contributed by atoms with Crippen molar-refractivity contribution in [3.8, 4) is 0 Å². The molecule has 1 fully saturated rings. The van der Waals surface area contributed by atoms with Crippen molar-refractivity contribution in [2.24, 2.45) is 5.92 Å². The number of amides is 2. The first-order valence-corrected chi connectivity index (χ1v) is 6.66. The van der Waals surface area contributed by atoms with Gasteiger partial charge in [0.05, 0.1) is 18.6 Å². The highest BCUT2D eigenvalue weighted by Gasteiger charge is 2.36. The van der Waals surface area contributed by atoms with Gasteiger partial charge >= 0.3 is 0 Å². The third-order valence-corrected chi connectivity index (χ3v) is 3.30. The molecular formula is C13H24N2O3. The number of nitrogens with zero attached hydrogens (tertiary/aromatic N) is 1. The zero-order valence-corrected chi connectivity index (χ0v) is 11.6. The van der Waals surface area contributed by atoms with Gasteiger partial charge in [-0.15, -0.1) is 0 Å². The molecule has 1 aliphatic rings. The molecule has 1 rings (SSSR count). The third kappa shape index (κ3) is 3.98. The second-order valence-electron chi connectivity index (χ2n) is 4.90. The Morgan fingerprint density at radius 1 is 1.61 bits per heavy atom. The SMILES string of the molecule is CCCCNC(=O)[C@@H]1CC(=O)N([C@H](C)COC)C1. The Kier molecular flexibility index (Phi) is 6.12. The summed E-state index contributed by atoms with van der Waals surface area (Å²) in [6.45, 7) is 5.75. The predicted molar refractivity (Wildman–Crippen MR) is 69.1 cm³/mol. The molecule has 0 spiro atoms. The molecule has 0 aromatic heterocycles. The van der Waals surface area contributed by atoms with E-state index in [4.69, 9.17) is 4.74 Å². The highest BCUT2D eigenvalue weighted by atomic mass is 16.5. The van der Waals surface area contributed by atoms with Crippen molar-refractivity contribution in [1.29, 1.82) is 0 Å². The molecule has 18 heavy (non-hydrogen) atoms. The van der Waals surface area contributed by atoms with Crippen LogP contribution >= 0.6 is 0 Å². The van der Waals surface area contributed by atoms with Crippen LogP contribution in [0.2, 0.25) is 0 Å². The van der Waals surface area contributed by atoms with Crippen LogP contribution in [-0.4, -0.2) is 49.6 Å². The van der Waals surface area contributed by atoms with E-state index in [2.05, 4.69) is 12.2 Å². The normalized spacial score (nSPS) is 21.2. The minimum Gasteiger partial charge on any atom is -0.383 e. The average molecular weight is 256 g/mol. The fourth-order valence-corrected chi connectivity index (χ4v) is 2.20. The highest BCUT2D eigenvalue weighted by molar-refractivity contribution is 5.89. The molecule has 1 heterocycles. The van der Waals surface area contributed by atoms with Gasteiger partial charge in [-0.2, -0.15) is 0 Å². The van der Waals surface area contributed by atoms with E-state index in [9.17, 15) is 9.59 Å². The Bertz CT molecular complexity index is 294. The van der Waals surface area contributed by atoms with E-state index in [1.165, 1.54) is 0 Å². The lowest BCUT2D eigenvalue weighted by molar-refractivity contribution is -0.130. The molecule has 5 heteroatoms. The fraction of sp³-hybridized carbons (Fsp3) is 0.846. The summed E-state index contributed by atoms with van der Waals surface area (Å²) in [5.41, 5.74) is 0. The van der Waals surface area contributed by atoms with Crippen molar-refractivity contribution in [3.05, 3.63) is 0 Å². The van der Waals surface area contributed by atoms with Crippen molar-refractivity contribution in [2.45, 2.75) is 39.2 Å². The first-order chi connectivity index (χ1) is 8.60. The molecule has 1 saturated heterocycles. The van der Waals surface area contributed by atoms with Crippen molar-refractivity contribution in [2.75, 3.05) is 26.8 Å². The summed E-state index contributed by atoms with van der Waals surface area (Å²) < 4.78 is 5.05. The Balaban J connectivity index is 2.42. The van der Waals surface area contributed by atoms with Crippen molar-refractivity contribution in [3.63, 3.8) is 0 Å². The number of carbonyl (C=O) groups is 2. The van der Waals surface area contributed by atoms with Gasteiger partial charge in [0.1, 0.15) is 0 Å². The third-order valence-electron chi connectivity index (χ3n) is 3.30. The number of unbranched alkanes of at least 4 members (excludes halogenated alkanes) is 1. The van der Waals surface area contributed by atoms with Crippen LogP contribution < -0.4 is 5.32 Å². The van der Waals surface area contributed by atoms with E-state index in [0.717, 1.165) is 12.8 Å². The van der Waals surface area contributed by atoms with E-state index in [0.29, 0.717) is 26.1 Å². The zero-order chi connectivity index (χ0) is 13.5. The van der Waals surface area contributed by atoms with Gasteiger partial charge < -0.3 is 15.0 Å². The number of carbonyl (C=O) groups excluding carboxylic acids is 2. The van der Waals surface area contributed by atoms with Crippen LogP contribution in [0.4, 0.5) is 0 Å². The Hall–Kier alpha value is -1.10. The number of ether oxygens (including phenoxy) is 1. The molecule has 0 bridgehead atoms. The summed E-state index contributed by atoms with van der Waals surface area (Å²) in [6.07, 6.45) is 2.36. The molecule has 0 radical (unpaired) electrons. The van der Waals surface area contributed by atoms with Crippen LogP contribution in [0.25, 0.3) is 0 Å². The van der Waals surface area contributed by atoms with Crippen LogP contribution in [-0.2, 0) is 14.3 Å². The van der Waals surface area contributed by atoms with Crippen molar-refractivity contribution < 1.29 is 14.3 Å². The summed E-state index contributed by atoms with van der Waals surface area (Å²) >= 11 is 0. The molecule has 0 aromatic rings. The maximum Gasteiger partial charge on any atom is 0.225 e. The Labute approximate surface area is 109 Å². The average Bonchev–Trinajstić information content (AvgIpc) is 2.72. The van der Waals surface area contributed by atoms with E-state index in [1.54, 1.807) is 12.0 Å². The number of methoxy groups -OCH3 is 1. The number of hydrogen-bond acceptors (Lipinski definition) is 3. The summed E-state index contributed by atoms with van der Waals surface area (Å²) in [5.74, 6) is -0.146. The minimum absolute atomic E-state index is 0.00363. The van der Waals surface area contributed by atoms with E-state index in [-0.39, 0.29) is 23.8 Å². The topological polar surface area (TPSA) is 58.6 Å². The van der Waals surface area contributed by atoms with Gasteiger partial charge in [0.2, 0.25) is 11.8 Å². The van der Waals surface area contributed by atoms with Gasteiger partial charge in [0.25, 0.3) is 0 Å². The molecule has 0 aromatic carbocycles. The molecule has 0 saturated carbocycles. The standard InChI is InChI=1S/C13H24N2O3/c1-4-5-6-14-13(17)11-7-12(16)15(8-11)10(2)9-18-3/h10-11H,4-9H2,1-3H3,(H,14,17)/t10-,11-/m1/s1. The van der Waals surface area contributed by atoms with Crippen LogP contribution in [0.5, 0.6) is 0 Å². The first-order valence-electron chi connectivity index (χ1n) is 6.66. The molecule has 5 nitrogen and oxygen atoms in total. The van der Waals surface area contributed by atoms with Gasteiger partial charge in [-0.05, 0) is 13.3 Å². The summed E-state index contributed by atoms with van der Waals surface area (Å²) in [6, 6.07) is 0.0379. The van der Waals surface area contributed by atoms with Crippen molar-refractivity contribution in [1.82, 2.24) is 10.2 Å². The van der Waals surface area contributed by atoms with Crippen LogP contribution in [0.1, 0.15) is 33.1 Å². The Morgan fingerprint density at radius 3 is 2.94 bits per heavy atom. The lowest BCUT2D eigenvalue weighted by Crippen LogP contribution is -2.39. The molecule has 1 aliphatic heterocycles. The van der Waals surface area contributed by atoms with Gasteiger partial charge in [0.15, 0.2) is 0 Å². The maximum absolute atomic E-state index is 11.9. The summed E-state index contributed by atoms with van der Waals surface area (Å²) in [5, 5.41) is 2.89. The first kappa shape index (κ1) is 15.0. The fourth-order valence-electron chi connectivity index (χ4n) is 2.20. The van der Waals surface area contributed by atoms with Crippen LogP contribution in [0.3, 0.4) is 0 Å². The summed E-state index contributed by atoms with van der Waals surface area (Å²) in [4.78, 5) is 25.4. The smallest absolute Gasteiger partial charge is 0.225 e. The van der Waals surface area contributed by atoms with E-state index < -0.39 is 0 Å². The maximum atomic E-state index is 11.9. The van der Waals surface area contributed by atoms with E-state index in [1.807, 2.05) is 6.92 Å². The van der Waals surface area contributed by atoms with Crippen LogP contribution in [0, 0.1) is 5.92 Å². The zero-order valence-electron chi connectivity index (χ0n) is 11.6. The van der Waals surface area contributed by atoms with Crippen LogP contribution in [0.15, 0.2) is 0 Å². The molecule has 2 atom stereocenters. The van der Waals surface area contributed by atoms with E-state index >= 15 is 0 Å². The van der Waals surface area contributed by atoms with Crippen molar-refractivity contribution >= 4 is 11.8 Å². The lowest BCUT2D eigenvalue weighted by atomic mass is 10.1. The largest absolute Gasteiger partial charge is 0.383 e.